The monoisotopic (exact) mass is 212 g/mol. The topological polar surface area (TPSA) is 55.6 Å². The summed E-state index contributed by atoms with van der Waals surface area (Å²) in [7, 11) is 0. The van der Waals surface area contributed by atoms with Crippen molar-refractivity contribution in [3.63, 3.8) is 0 Å². The summed E-state index contributed by atoms with van der Waals surface area (Å²) in [5, 5.41) is 0. The van der Waals surface area contributed by atoms with Gasteiger partial charge in [-0.15, -0.1) is 0 Å². The molecule has 1 aliphatic heterocycles. The highest BCUT2D eigenvalue weighted by Crippen LogP contribution is 2.26. The summed E-state index contributed by atoms with van der Waals surface area (Å²) in [6, 6.07) is 0.483. The van der Waals surface area contributed by atoms with E-state index in [4.69, 9.17) is 10.5 Å². The van der Waals surface area contributed by atoms with Gasteiger partial charge in [0.05, 0.1) is 6.04 Å². The van der Waals surface area contributed by atoms with Crippen LogP contribution >= 0.6 is 0 Å². The number of hydrogen-bond donors (Lipinski definition) is 1. The van der Waals surface area contributed by atoms with Gasteiger partial charge in [-0.3, -0.25) is 4.90 Å². The Kier molecular flexibility index (Phi) is 3.46. The highest BCUT2D eigenvalue weighted by Gasteiger charge is 2.37. The number of nitrogens with two attached hydrogens (primary N) is 1. The second kappa shape index (κ2) is 4.84. The van der Waals surface area contributed by atoms with Crippen LogP contribution in [0.1, 0.15) is 38.5 Å². The third-order valence-corrected chi connectivity index (χ3v) is 3.49. The van der Waals surface area contributed by atoms with Gasteiger partial charge in [0.15, 0.2) is 0 Å². The van der Waals surface area contributed by atoms with Crippen LogP contribution in [-0.4, -0.2) is 36.2 Å². The molecule has 1 saturated heterocycles. The number of cyclic esters (lactones) is 1. The summed E-state index contributed by atoms with van der Waals surface area (Å²) < 4.78 is 5.07. The third-order valence-electron chi connectivity index (χ3n) is 3.49. The molecule has 1 heterocycles. The fourth-order valence-corrected chi connectivity index (χ4v) is 2.64. The molecule has 15 heavy (non-hydrogen) atoms. The number of rotatable bonds is 2. The van der Waals surface area contributed by atoms with Gasteiger partial charge in [-0.1, -0.05) is 25.7 Å². The van der Waals surface area contributed by atoms with Gasteiger partial charge in [0.25, 0.3) is 0 Å². The van der Waals surface area contributed by atoms with Crippen LogP contribution in [0.4, 0.5) is 4.79 Å². The lowest BCUT2D eigenvalue weighted by Crippen LogP contribution is -2.45. The van der Waals surface area contributed by atoms with Gasteiger partial charge >= 0.3 is 6.09 Å². The zero-order chi connectivity index (χ0) is 10.7. The molecule has 1 amide bonds. The largest absolute Gasteiger partial charge is 0.447 e. The molecule has 2 N–H and O–H groups in total. The van der Waals surface area contributed by atoms with Crippen LogP contribution in [0.3, 0.4) is 0 Å². The molecular formula is C11H20N2O2. The first-order chi connectivity index (χ1) is 7.33. The van der Waals surface area contributed by atoms with Gasteiger partial charge in [0.1, 0.15) is 6.61 Å². The van der Waals surface area contributed by atoms with Gasteiger partial charge in [-0.2, -0.15) is 0 Å². The molecule has 0 spiro atoms. The Labute approximate surface area is 90.8 Å². The highest BCUT2D eigenvalue weighted by molar-refractivity contribution is 5.70. The van der Waals surface area contributed by atoms with Crippen LogP contribution in [0.15, 0.2) is 0 Å². The summed E-state index contributed by atoms with van der Waals surface area (Å²) in [6.07, 6.45) is 7.13. The SMILES string of the molecule is NCC1COC(=O)N1C1CCCCCC1. The van der Waals surface area contributed by atoms with Crippen LogP contribution in [0.25, 0.3) is 0 Å². The quantitative estimate of drug-likeness (QED) is 0.705. The van der Waals surface area contributed by atoms with Crippen LogP contribution in [0, 0.1) is 0 Å². The van der Waals surface area contributed by atoms with Crippen molar-refractivity contribution in [1.29, 1.82) is 0 Å². The molecule has 4 heteroatoms. The van der Waals surface area contributed by atoms with Crippen LogP contribution in [-0.2, 0) is 4.74 Å². The van der Waals surface area contributed by atoms with Gasteiger partial charge in [0.2, 0.25) is 0 Å². The molecule has 1 unspecified atom stereocenters. The highest BCUT2D eigenvalue weighted by atomic mass is 16.6. The molecule has 0 aromatic carbocycles. The predicted octanol–water partition coefficient (Wildman–Crippen LogP) is 1.49. The van der Waals surface area contributed by atoms with Gasteiger partial charge in [-0.25, -0.2) is 4.79 Å². The van der Waals surface area contributed by atoms with E-state index < -0.39 is 0 Å². The Bertz CT molecular complexity index is 225. The number of ether oxygens (including phenoxy) is 1. The molecule has 2 aliphatic rings. The number of amides is 1. The van der Waals surface area contributed by atoms with E-state index in [9.17, 15) is 4.79 Å². The van der Waals surface area contributed by atoms with Crippen LogP contribution in [0.2, 0.25) is 0 Å². The minimum Gasteiger partial charge on any atom is -0.447 e. The van der Waals surface area contributed by atoms with Crippen molar-refractivity contribution < 1.29 is 9.53 Å². The minimum atomic E-state index is -0.155. The maximum absolute atomic E-state index is 11.6. The summed E-state index contributed by atoms with van der Waals surface area (Å²) in [4.78, 5) is 13.5. The van der Waals surface area contributed by atoms with E-state index in [0.717, 1.165) is 12.8 Å². The zero-order valence-corrected chi connectivity index (χ0v) is 9.15. The lowest BCUT2D eigenvalue weighted by atomic mass is 10.1. The minimum absolute atomic E-state index is 0.112. The Balaban J connectivity index is 2.02. The molecule has 0 aromatic heterocycles. The van der Waals surface area contributed by atoms with Crippen molar-refractivity contribution in [2.75, 3.05) is 13.2 Å². The summed E-state index contributed by atoms with van der Waals surface area (Å²) in [5.41, 5.74) is 5.66. The first kappa shape index (κ1) is 10.7. The Morgan fingerprint density at radius 2 is 1.93 bits per heavy atom. The van der Waals surface area contributed by atoms with Crippen molar-refractivity contribution in [2.45, 2.75) is 50.6 Å². The Hall–Kier alpha value is -0.770. The smallest absolute Gasteiger partial charge is 0.410 e. The fourth-order valence-electron chi connectivity index (χ4n) is 2.64. The maximum atomic E-state index is 11.6. The van der Waals surface area contributed by atoms with Crippen molar-refractivity contribution in [3.8, 4) is 0 Å². The molecule has 0 bridgehead atoms. The van der Waals surface area contributed by atoms with Crippen molar-refractivity contribution in [2.24, 2.45) is 5.73 Å². The maximum Gasteiger partial charge on any atom is 0.410 e. The number of nitrogens with zero attached hydrogens (tertiary/aromatic N) is 1. The molecule has 86 valence electrons. The average molecular weight is 212 g/mol. The van der Waals surface area contributed by atoms with Gasteiger partial charge < -0.3 is 10.5 Å². The number of carbonyl (C=O) groups is 1. The molecule has 0 aromatic rings. The predicted molar refractivity (Wildman–Crippen MR) is 57.5 cm³/mol. The van der Waals surface area contributed by atoms with E-state index in [1.807, 2.05) is 4.90 Å². The van der Waals surface area contributed by atoms with E-state index in [1.165, 1.54) is 25.7 Å². The van der Waals surface area contributed by atoms with Crippen LogP contribution < -0.4 is 5.73 Å². The van der Waals surface area contributed by atoms with Gasteiger partial charge in [0, 0.05) is 12.6 Å². The normalized spacial score (nSPS) is 29.0. The average Bonchev–Trinajstić information content (AvgIpc) is 2.48. The number of hydrogen-bond acceptors (Lipinski definition) is 3. The van der Waals surface area contributed by atoms with E-state index in [0.29, 0.717) is 19.2 Å². The fraction of sp³-hybridized carbons (Fsp3) is 0.909. The van der Waals surface area contributed by atoms with Crippen molar-refractivity contribution in [3.05, 3.63) is 0 Å². The van der Waals surface area contributed by atoms with Crippen molar-refractivity contribution in [1.82, 2.24) is 4.90 Å². The zero-order valence-electron chi connectivity index (χ0n) is 9.15. The molecular weight excluding hydrogens is 192 g/mol. The van der Waals surface area contributed by atoms with Crippen molar-refractivity contribution >= 4 is 6.09 Å². The Morgan fingerprint density at radius 3 is 2.53 bits per heavy atom. The third kappa shape index (κ3) is 2.25. The molecule has 2 rings (SSSR count). The summed E-state index contributed by atoms with van der Waals surface area (Å²) in [5.74, 6) is 0. The standard InChI is InChI=1S/C11H20N2O2/c12-7-10-8-15-11(14)13(10)9-5-3-1-2-4-6-9/h9-10H,1-8,12H2. The Morgan fingerprint density at radius 1 is 1.27 bits per heavy atom. The second-order valence-electron chi connectivity index (χ2n) is 4.52. The second-order valence-corrected chi connectivity index (χ2v) is 4.52. The first-order valence-corrected chi connectivity index (χ1v) is 5.98. The van der Waals surface area contributed by atoms with E-state index >= 15 is 0 Å². The number of carbonyl (C=O) groups excluding carboxylic acids is 1. The lowest BCUT2D eigenvalue weighted by molar-refractivity contribution is 0.140. The van der Waals surface area contributed by atoms with Crippen LogP contribution in [0.5, 0.6) is 0 Å². The van der Waals surface area contributed by atoms with E-state index in [1.54, 1.807) is 0 Å². The van der Waals surface area contributed by atoms with E-state index in [2.05, 4.69) is 0 Å². The summed E-state index contributed by atoms with van der Waals surface area (Å²) >= 11 is 0. The summed E-state index contributed by atoms with van der Waals surface area (Å²) in [6.45, 7) is 0.994. The first-order valence-electron chi connectivity index (χ1n) is 5.98. The molecule has 1 saturated carbocycles. The molecule has 1 aliphatic carbocycles. The van der Waals surface area contributed by atoms with Gasteiger partial charge in [-0.05, 0) is 12.8 Å². The molecule has 1 atom stereocenters. The lowest BCUT2D eigenvalue weighted by Gasteiger charge is -2.29. The molecule has 0 radical (unpaired) electrons. The molecule has 4 nitrogen and oxygen atoms in total. The molecule has 2 fully saturated rings. The van der Waals surface area contributed by atoms with E-state index in [-0.39, 0.29) is 12.1 Å².